The van der Waals surface area contributed by atoms with Gasteiger partial charge in [0.05, 0.1) is 17.9 Å². The van der Waals surface area contributed by atoms with Crippen LogP contribution in [-0.2, 0) is 11.3 Å². The third-order valence-electron chi connectivity index (χ3n) is 2.11. The van der Waals surface area contributed by atoms with Gasteiger partial charge in [-0.05, 0) is 0 Å². The van der Waals surface area contributed by atoms with Crippen molar-refractivity contribution in [3.63, 3.8) is 0 Å². The molecule has 2 rings (SSSR count). The Morgan fingerprint density at radius 2 is 2.33 bits per heavy atom. The van der Waals surface area contributed by atoms with Crippen LogP contribution >= 0.6 is 0 Å². The van der Waals surface area contributed by atoms with Gasteiger partial charge in [0, 0.05) is 14.1 Å². The molecular formula is C10H12N6O2. The SMILES string of the molecule is CN(C)/C=N\c1ncnc2c1cnn2CC(=O)O. The number of carbonyl (C=O) groups is 1. The third kappa shape index (κ3) is 2.42. The number of nitrogens with zero attached hydrogens (tertiary/aromatic N) is 6. The molecule has 0 bridgehead atoms. The van der Waals surface area contributed by atoms with E-state index in [0.717, 1.165) is 0 Å². The molecule has 18 heavy (non-hydrogen) atoms. The van der Waals surface area contributed by atoms with Crippen LogP contribution < -0.4 is 0 Å². The summed E-state index contributed by atoms with van der Waals surface area (Å²) in [5.74, 6) is -0.512. The topological polar surface area (TPSA) is 96.5 Å². The van der Waals surface area contributed by atoms with Crippen molar-refractivity contribution in [2.75, 3.05) is 14.1 Å². The molecule has 94 valence electrons. The number of fused-ring (bicyclic) bond motifs is 1. The lowest BCUT2D eigenvalue weighted by molar-refractivity contribution is -0.137. The van der Waals surface area contributed by atoms with E-state index < -0.39 is 5.97 Å². The second kappa shape index (κ2) is 4.78. The van der Waals surface area contributed by atoms with Crippen molar-refractivity contribution in [1.29, 1.82) is 0 Å². The molecule has 1 N–H and O–H groups in total. The summed E-state index contributed by atoms with van der Waals surface area (Å²) >= 11 is 0. The zero-order chi connectivity index (χ0) is 13.1. The zero-order valence-corrected chi connectivity index (χ0v) is 9.98. The Hall–Kier alpha value is -2.51. The minimum atomic E-state index is -0.975. The van der Waals surface area contributed by atoms with Gasteiger partial charge in [-0.25, -0.2) is 19.6 Å². The lowest BCUT2D eigenvalue weighted by atomic mass is 10.4. The molecular weight excluding hydrogens is 236 g/mol. The molecule has 2 aromatic heterocycles. The Bertz CT molecular complexity index is 603. The molecule has 2 heterocycles. The lowest BCUT2D eigenvalue weighted by Gasteiger charge is -2.02. The molecule has 0 aromatic carbocycles. The molecule has 0 radical (unpaired) electrons. The molecule has 0 unspecified atom stereocenters. The van der Waals surface area contributed by atoms with Gasteiger partial charge in [0.25, 0.3) is 0 Å². The molecule has 0 spiro atoms. The second-order valence-electron chi connectivity index (χ2n) is 3.84. The van der Waals surface area contributed by atoms with Crippen LogP contribution in [0.3, 0.4) is 0 Å². The van der Waals surface area contributed by atoms with Crippen LogP contribution in [0.2, 0.25) is 0 Å². The average molecular weight is 248 g/mol. The zero-order valence-electron chi connectivity index (χ0n) is 9.98. The fraction of sp³-hybridized carbons (Fsp3) is 0.300. The van der Waals surface area contributed by atoms with E-state index in [0.29, 0.717) is 16.9 Å². The van der Waals surface area contributed by atoms with Gasteiger partial charge in [0.2, 0.25) is 0 Å². The highest BCUT2D eigenvalue weighted by molar-refractivity contribution is 5.86. The van der Waals surface area contributed by atoms with Gasteiger partial charge in [0.15, 0.2) is 11.5 Å². The highest BCUT2D eigenvalue weighted by Gasteiger charge is 2.10. The first-order chi connectivity index (χ1) is 8.58. The van der Waals surface area contributed by atoms with Crippen molar-refractivity contribution in [1.82, 2.24) is 24.6 Å². The first-order valence-electron chi connectivity index (χ1n) is 5.17. The van der Waals surface area contributed by atoms with Gasteiger partial charge in [-0.15, -0.1) is 0 Å². The van der Waals surface area contributed by atoms with Crippen LogP contribution in [0.4, 0.5) is 5.82 Å². The van der Waals surface area contributed by atoms with Crippen molar-refractivity contribution in [2.45, 2.75) is 6.54 Å². The van der Waals surface area contributed by atoms with E-state index in [1.807, 2.05) is 14.1 Å². The molecule has 0 atom stereocenters. The van der Waals surface area contributed by atoms with E-state index >= 15 is 0 Å². The summed E-state index contributed by atoms with van der Waals surface area (Å²) in [6, 6.07) is 0. The maximum absolute atomic E-state index is 10.7. The second-order valence-corrected chi connectivity index (χ2v) is 3.84. The molecule has 8 nitrogen and oxygen atoms in total. The van der Waals surface area contributed by atoms with Crippen LogP contribution in [0.1, 0.15) is 0 Å². The minimum absolute atomic E-state index is 0.239. The maximum atomic E-state index is 10.7. The van der Waals surface area contributed by atoms with Gasteiger partial charge < -0.3 is 10.0 Å². The van der Waals surface area contributed by atoms with Crippen molar-refractivity contribution in [3.05, 3.63) is 12.5 Å². The smallest absolute Gasteiger partial charge is 0.325 e. The van der Waals surface area contributed by atoms with Crippen LogP contribution in [0.25, 0.3) is 11.0 Å². The number of carboxylic acids is 1. The Labute approximate surface area is 103 Å². The van der Waals surface area contributed by atoms with Crippen LogP contribution in [-0.4, -0.2) is 56.2 Å². The third-order valence-corrected chi connectivity index (χ3v) is 2.11. The number of hydrogen-bond donors (Lipinski definition) is 1. The molecule has 2 aromatic rings. The van der Waals surface area contributed by atoms with Crippen molar-refractivity contribution in [3.8, 4) is 0 Å². The van der Waals surface area contributed by atoms with Crippen molar-refractivity contribution < 1.29 is 9.90 Å². The number of aliphatic imine (C=N–C) groups is 1. The molecule has 8 heteroatoms. The van der Waals surface area contributed by atoms with Crippen LogP contribution in [0.15, 0.2) is 17.5 Å². The highest BCUT2D eigenvalue weighted by atomic mass is 16.4. The molecule has 0 saturated carbocycles. The van der Waals surface area contributed by atoms with Crippen LogP contribution in [0, 0.1) is 0 Å². The normalized spacial score (nSPS) is 11.2. The Balaban J connectivity index is 2.45. The van der Waals surface area contributed by atoms with Gasteiger partial charge in [-0.1, -0.05) is 0 Å². The number of hydrogen-bond acceptors (Lipinski definition) is 5. The Kier molecular flexibility index (Phi) is 3.18. The maximum Gasteiger partial charge on any atom is 0.325 e. The van der Waals surface area contributed by atoms with Crippen LogP contribution in [0.5, 0.6) is 0 Å². The number of aromatic nitrogens is 4. The molecule has 0 aliphatic carbocycles. The summed E-state index contributed by atoms with van der Waals surface area (Å²) in [4.78, 5) is 24.7. The Morgan fingerprint density at radius 1 is 1.56 bits per heavy atom. The lowest BCUT2D eigenvalue weighted by Crippen LogP contribution is -2.10. The van der Waals surface area contributed by atoms with E-state index in [1.54, 1.807) is 11.2 Å². The predicted octanol–water partition coefficient (Wildman–Crippen LogP) is 0.132. The molecule has 0 aliphatic rings. The van der Waals surface area contributed by atoms with E-state index in [4.69, 9.17) is 5.11 Å². The van der Waals surface area contributed by atoms with Gasteiger partial charge in [-0.3, -0.25) is 4.79 Å². The fourth-order valence-electron chi connectivity index (χ4n) is 1.40. The standard InChI is InChI=1S/C10H12N6O2/c1-15(2)6-13-9-7-3-14-16(4-8(17)18)10(7)12-5-11-9/h3,5-6H,4H2,1-2H3,(H,17,18)/b13-6-. The van der Waals surface area contributed by atoms with Gasteiger partial charge >= 0.3 is 5.97 Å². The van der Waals surface area contributed by atoms with E-state index in [9.17, 15) is 4.79 Å². The van der Waals surface area contributed by atoms with Gasteiger partial charge in [-0.2, -0.15) is 5.10 Å². The fourth-order valence-corrected chi connectivity index (χ4v) is 1.40. The number of aliphatic carboxylic acids is 1. The summed E-state index contributed by atoms with van der Waals surface area (Å²) in [7, 11) is 3.69. The Morgan fingerprint density at radius 3 is 3.00 bits per heavy atom. The predicted molar refractivity (Wildman–Crippen MR) is 64.8 cm³/mol. The van der Waals surface area contributed by atoms with E-state index in [2.05, 4.69) is 20.1 Å². The van der Waals surface area contributed by atoms with Gasteiger partial charge in [0.1, 0.15) is 12.9 Å². The van der Waals surface area contributed by atoms with Crippen molar-refractivity contribution >= 4 is 29.2 Å². The summed E-state index contributed by atoms with van der Waals surface area (Å²) < 4.78 is 1.30. The van der Waals surface area contributed by atoms with Crippen molar-refractivity contribution in [2.24, 2.45) is 4.99 Å². The summed E-state index contributed by atoms with van der Waals surface area (Å²) in [5, 5.41) is 13.3. The monoisotopic (exact) mass is 248 g/mol. The van der Waals surface area contributed by atoms with E-state index in [-0.39, 0.29) is 6.54 Å². The summed E-state index contributed by atoms with van der Waals surface area (Å²) in [5.41, 5.74) is 0.457. The molecule has 0 saturated heterocycles. The molecule has 0 aliphatic heterocycles. The largest absolute Gasteiger partial charge is 0.480 e. The first kappa shape index (κ1) is 12.0. The molecule has 0 fully saturated rings. The first-order valence-corrected chi connectivity index (χ1v) is 5.17. The number of rotatable bonds is 4. The quantitative estimate of drug-likeness (QED) is 0.610. The minimum Gasteiger partial charge on any atom is -0.480 e. The highest BCUT2D eigenvalue weighted by Crippen LogP contribution is 2.20. The number of carboxylic acid groups (broad SMARTS) is 1. The summed E-state index contributed by atoms with van der Waals surface area (Å²) in [6.07, 6.45) is 4.46. The summed E-state index contributed by atoms with van der Waals surface area (Å²) in [6.45, 7) is -0.239. The van der Waals surface area contributed by atoms with E-state index in [1.165, 1.54) is 17.2 Å². The molecule has 0 amide bonds. The average Bonchev–Trinajstić information content (AvgIpc) is 2.69.